The van der Waals surface area contributed by atoms with E-state index in [0.717, 1.165) is 17.1 Å². The van der Waals surface area contributed by atoms with Gasteiger partial charge in [-0.15, -0.1) is 0 Å². The normalized spacial score (nSPS) is 18.3. The van der Waals surface area contributed by atoms with Gasteiger partial charge >= 0.3 is 0 Å². The lowest BCUT2D eigenvalue weighted by Gasteiger charge is -2.23. The number of amides is 1. The lowest BCUT2D eigenvalue weighted by molar-refractivity contribution is -0.116. The zero-order valence-electron chi connectivity index (χ0n) is 10.5. The van der Waals surface area contributed by atoms with E-state index in [0.29, 0.717) is 6.42 Å². The minimum Gasteiger partial charge on any atom is -0.311 e. The number of hydrogen-bond acceptors (Lipinski definition) is 2. The van der Waals surface area contributed by atoms with Crippen LogP contribution >= 0.6 is 0 Å². The van der Waals surface area contributed by atoms with E-state index in [1.807, 2.05) is 32.2 Å². The highest BCUT2D eigenvalue weighted by atomic mass is 16.1. The summed E-state index contributed by atoms with van der Waals surface area (Å²) in [7, 11) is 1.86. The van der Waals surface area contributed by atoms with Crippen molar-refractivity contribution in [2.75, 3.05) is 5.32 Å². The second kappa shape index (κ2) is 3.98. The molecule has 1 aliphatic rings. The average molecular weight is 241 g/mol. The molecule has 4 nitrogen and oxygen atoms in total. The molecule has 1 atom stereocenters. The Balaban J connectivity index is 2.16. The Labute approximate surface area is 106 Å². The fraction of sp³-hybridized carbons (Fsp3) is 0.286. The fourth-order valence-corrected chi connectivity index (χ4v) is 2.68. The Morgan fingerprint density at radius 2 is 2.06 bits per heavy atom. The number of aryl methyl sites for hydroxylation is 2. The maximum atomic E-state index is 11.8. The second-order valence-corrected chi connectivity index (χ2v) is 4.69. The number of carbonyl (C=O) groups is 1. The van der Waals surface area contributed by atoms with Crippen LogP contribution in [0.25, 0.3) is 0 Å². The van der Waals surface area contributed by atoms with Gasteiger partial charge in [0.05, 0.1) is 5.69 Å². The number of benzene rings is 1. The number of aromatic nitrogens is 2. The quantitative estimate of drug-likeness (QED) is 0.832. The first-order valence-electron chi connectivity index (χ1n) is 6.05. The number of rotatable bonds is 1. The Morgan fingerprint density at radius 3 is 2.78 bits per heavy atom. The van der Waals surface area contributed by atoms with E-state index in [4.69, 9.17) is 0 Å². The third kappa shape index (κ3) is 1.61. The number of hydrogen-bond donors (Lipinski definition) is 1. The van der Waals surface area contributed by atoms with Crippen molar-refractivity contribution in [2.24, 2.45) is 7.05 Å². The van der Waals surface area contributed by atoms with E-state index in [1.165, 1.54) is 5.56 Å². The molecule has 0 aliphatic carbocycles. The van der Waals surface area contributed by atoms with Gasteiger partial charge in [-0.1, -0.05) is 30.3 Å². The van der Waals surface area contributed by atoms with E-state index >= 15 is 0 Å². The van der Waals surface area contributed by atoms with Crippen LogP contribution in [0, 0.1) is 6.92 Å². The van der Waals surface area contributed by atoms with Crippen molar-refractivity contribution in [1.29, 1.82) is 0 Å². The lowest BCUT2D eigenvalue weighted by atomic mass is 9.86. The van der Waals surface area contributed by atoms with Crippen molar-refractivity contribution in [3.05, 3.63) is 47.2 Å². The van der Waals surface area contributed by atoms with Gasteiger partial charge in [0.25, 0.3) is 0 Å². The third-order valence-electron chi connectivity index (χ3n) is 3.47. The van der Waals surface area contributed by atoms with Crippen molar-refractivity contribution in [3.8, 4) is 0 Å². The molecule has 1 aromatic heterocycles. The Bertz CT molecular complexity index is 601. The van der Waals surface area contributed by atoms with E-state index in [2.05, 4.69) is 22.5 Å². The molecule has 0 radical (unpaired) electrons. The molecular formula is C14H15N3O. The number of nitrogens with zero attached hydrogens (tertiary/aromatic N) is 2. The first-order valence-corrected chi connectivity index (χ1v) is 6.05. The van der Waals surface area contributed by atoms with Crippen molar-refractivity contribution in [2.45, 2.75) is 19.3 Å². The summed E-state index contributed by atoms with van der Waals surface area (Å²) < 4.78 is 1.75. The number of fused-ring (bicyclic) bond motifs is 1. The molecule has 1 aromatic carbocycles. The molecule has 0 saturated heterocycles. The molecule has 92 valence electrons. The Morgan fingerprint density at radius 1 is 1.33 bits per heavy atom. The Hall–Kier alpha value is -2.10. The minimum atomic E-state index is 0.0550. The van der Waals surface area contributed by atoms with Crippen molar-refractivity contribution < 1.29 is 4.79 Å². The van der Waals surface area contributed by atoms with E-state index < -0.39 is 0 Å². The van der Waals surface area contributed by atoms with Crippen LogP contribution in [0.2, 0.25) is 0 Å². The second-order valence-electron chi connectivity index (χ2n) is 4.69. The number of carbonyl (C=O) groups excluding carboxylic acids is 1. The van der Waals surface area contributed by atoms with Gasteiger partial charge in [0.1, 0.15) is 5.82 Å². The summed E-state index contributed by atoms with van der Waals surface area (Å²) in [5, 5.41) is 7.32. The van der Waals surface area contributed by atoms with Gasteiger partial charge in [-0.2, -0.15) is 5.10 Å². The summed E-state index contributed by atoms with van der Waals surface area (Å²) in [6.07, 6.45) is 0.490. The highest BCUT2D eigenvalue weighted by Crippen LogP contribution is 2.38. The monoisotopic (exact) mass is 241 g/mol. The maximum Gasteiger partial charge on any atom is 0.226 e. The van der Waals surface area contributed by atoms with Gasteiger partial charge in [-0.05, 0) is 12.5 Å². The van der Waals surface area contributed by atoms with Crippen LogP contribution in [0.4, 0.5) is 5.82 Å². The topological polar surface area (TPSA) is 46.9 Å². The van der Waals surface area contributed by atoms with Gasteiger partial charge in [-0.3, -0.25) is 9.48 Å². The van der Waals surface area contributed by atoms with Gasteiger partial charge < -0.3 is 5.32 Å². The predicted octanol–water partition coefficient (Wildman–Crippen LogP) is 2.20. The van der Waals surface area contributed by atoms with Crippen molar-refractivity contribution in [3.63, 3.8) is 0 Å². The van der Waals surface area contributed by atoms with E-state index in [9.17, 15) is 4.79 Å². The minimum absolute atomic E-state index is 0.0550. The molecule has 1 amide bonds. The summed E-state index contributed by atoms with van der Waals surface area (Å²) in [5.74, 6) is 1.00. The average Bonchev–Trinajstić information content (AvgIpc) is 2.65. The van der Waals surface area contributed by atoms with Crippen molar-refractivity contribution >= 4 is 11.7 Å². The van der Waals surface area contributed by atoms with Gasteiger partial charge in [0.2, 0.25) is 5.91 Å². The molecule has 1 N–H and O–H groups in total. The summed E-state index contributed by atoms with van der Waals surface area (Å²) >= 11 is 0. The summed E-state index contributed by atoms with van der Waals surface area (Å²) in [6.45, 7) is 1.99. The highest BCUT2D eigenvalue weighted by molar-refractivity contribution is 5.94. The fourth-order valence-electron chi connectivity index (χ4n) is 2.68. The summed E-state index contributed by atoms with van der Waals surface area (Å²) in [4.78, 5) is 11.8. The SMILES string of the molecule is Cc1nn(C)c2c1[C@H](c1ccccc1)CC(=O)N2. The zero-order valence-corrected chi connectivity index (χ0v) is 10.5. The largest absolute Gasteiger partial charge is 0.311 e. The van der Waals surface area contributed by atoms with Crippen LogP contribution in [0.1, 0.15) is 29.2 Å². The number of anilines is 1. The van der Waals surface area contributed by atoms with Crippen LogP contribution in [0.3, 0.4) is 0 Å². The molecule has 2 heterocycles. The van der Waals surface area contributed by atoms with Gasteiger partial charge in [0.15, 0.2) is 0 Å². The Kier molecular flexibility index (Phi) is 2.44. The smallest absolute Gasteiger partial charge is 0.226 e. The lowest BCUT2D eigenvalue weighted by Crippen LogP contribution is -2.24. The summed E-state index contributed by atoms with van der Waals surface area (Å²) in [5.41, 5.74) is 3.30. The van der Waals surface area contributed by atoms with Crippen molar-refractivity contribution in [1.82, 2.24) is 9.78 Å². The van der Waals surface area contributed by atoms with Crippen LogP contribution in [-0.2, 0) is 11.8 Å². The zero-order chi connectivity index (χ0) is 12.7. The van der Waals surface area contributed by atoms with Crippen LogP contribution in [0.5, 0.6) is 0 Å². The van der Waals surface area contributed by atoms with Crippen LogP contribution < -0.4 is 5.32 Å². The standard InChI is InChI=1S/C14H15N3O/c1-9-13-11(10-6-4-3-5-7-10)8-12(18)15-14(13)17(2)16-9/h3-7,11H,8H2,1-2H3,(H,15,18)/t11-/m0/s1. The van der Waals surface area contributed by atoms with Crippen LogP contribution in [0.15, 0.2) is 30.3 Å². The van der Waals surface area contributed by atoms with Gasteiger partial charge in [0, 0.05) is 24.9 Å². The molecule has 1 aliphatic heterocycles. The molecule has 0 fully saturated rings. The maximum absolute atomic E-state index is 11.8. The van der Waals surface area contributed by atoms with Crippen LogP contribution in [-0.4, -0.2) is 15.7 Å². The molecule has 0 unspecified atom stereocenters. The predicted molar refractivity (Wildman–Crippen MR) is 69.5 cm³/mol. The first-order chi connectivity index (χ1) is 8.66. The molecule has 0 saturated carbocycles. The third-order valence-corrected chi connectivity index (χ3v) is 3.47. The first kappa shape index (κ1) is 11.0. The van der Waals surface area contributed by atoms with E-state index in [-0.39, 0.29) is 11.8 Å². The highest BCUT2D eigenvalue weighted by Gasteiger charge is 2.31. The molecule has 18 heavy (non-hydrogen) atoms. The molecule has 0 spiro atoms. The van der Waals surface area contributed by atoms with Gasteiger partial charge in [-0.25, -0.2) is 0 Å². The molecular weight excluding hydrogens is 226 g/mol. The number of nitrogens with one attached hydrogen (secondary N) is 1. The molecule has 0 bridgehead atoms. The van der Waals surface area contributed by atoms with E-state index in [1.54, 1.807) is 4.68 Å². The molecule has 4 heteroatoms. The molecule has 3 rings (SSSR count). The molecule has 2 aromatic rings. The summed E-state index contributed by atoms with van der Waals surface area (Å²) in [6, 6.07) is 10.1.